The molecule has 8 heteroatoms. The summed E-state index contributed by atoms with van der Waals surface area (Å²) in [6.07, 6.45) is 5.21. The molecule has 0 aromatic carbocycles. The van der Waals surface area contributed by atoms with E-state index in [2.05, 4.69) is 21.7 Å². The maximum absolute atomic E-state index is 5.57. The molecule has 2 fully saturated rings. The Bertz CT molecular complexity index is 1070. The fraction of sp³-hybridized carbons (Fsp3) is 0.571. The lowest BCUT2D eigenvalue weighted by molar-refractivity contribution is 0.122. The van der Waals surface area contributed by atoms with Crippen molar-refractivity contribution in [2.45, 2.75) is 19.3 Å². The smallest absolute Gasteiger partial charge is 0.150 e. The number of aromatic nitrogens is 3. The SMILES string of the molecule is CN1CCN(c2ncnc3c2sc2nc(N4CCOCC4)c4c(c23)CCC4)CC1. The van der Waals surface area contributed by atoms with Gasteiger partial charge in [0.1, 0.15) is 22.8 Å². The summed E-state index contributed by atoms with van der Waals surface area (Å²) in [5, 5.41) is 1.28. The molecule has 0 radical (unpaired) electrons. The van der Waals surface area contributed by atoms with E-state index in [9.17, 15) is 0 Å². The van der Waals surface area contributed by atoms with Gasteiger partial charge in [0.25, 0.3) is 0 Å². The predicted molar refractivity (Wildman–Crippen MR) is 117 cm³/mol. The second-order valence-electron chi connectivity index (χ2n) is 8.29. The van der Waals surface area contributed by atoms with Crippen LogP contribution < -0.4 is 9.80 Å². The Morgan fingerprint density at radius 1 is 0.897 bits per heavy atom. The van der Waals surface area contributed by atoms with E-state index in [0.717, 1.165) is 81.5 Å². The van der Waals surface area contributed by atoms with Crippen molar-refractivity contribution in [3.63, 3.8) is 0 Å². The van der Waals surface area contributed by atoms with E-state index in [1.165, 1.54) is 33.5 Å². The molecule has 2 saturated heterocycles. The van der Waals surface area contributed by atoms with Crippen LogP contribution in [0.1, 0.15) is 17.5 Å². The molecule has 29 heavy (non-hydrogen) atoms. The third-order valence-corrected chi connectivity index (χ3v) is 7.61. The van der Waals surface area contributed by atoms with Gasteiger partial charge in [0.05, 0.1) is 23.4 Å². The Labute approximate surface area is 174 Å². The third kappa shape index (κ3) is 2.88. The minimum Gasteiger partial charge on any atom is -0.378 e. The van der Waals surface area contributed by atoms with Gasteiger partial charge in [-0.25, -0.2) is 15.0 Å². The van der Waals surface area contributed by atoms with Crippen LogP contribution in [0.2, 0.25) is 0 Å². The summed E-state index contributed by atoms with van der Waals surface area (Å²) in [5.74, 6) is 2.28. The number of morpholine rings is 1. The van der Waals surface area contributed by atoms with E-state index < -0.39 is 0 Å². The number of ether oxygens (including phenoxy) is 1. The lowest BCUT2D eigenvalue weighted by Crippen LogP contribution is -2.44. The second-order valence-corrected chi connectivity index (χ2v) is 9.29. The summed E-state index contributed by atoms with van der Waals surface area (Å²) in [5.41, 5.74) is 4.03. The van der Waals surface area contributed by atoms with Crippen molar-refractivity contribution in [2.24, 2.45) is 0 Å². The molecular formula is C21H26N6OS. The number of fused-ring (bicyclic) bond motifs is 5. The van der Waals surface area contributed by atoms with Gasteiger partial charge in [0.15, 0.2) is 0 Å². The summed E-state index contributed by atoms with van der Waals surface area (Å²) in [4.78, 5) is 23.0. The fourth-order valence-electron chi connectivity index (χ4n) is 4.95. The Balaban J connectivity index is 1.52. The molecule has 2 aliphatic heterocycles. The van der Waals surface area contributed by atoms with Gasteiger partial charge in [-0.05, 0) is 37.4 Å². The van der Waals surface area contributed by atoms with Gasteiger partial charge in [0, 0.05) is 44.7 Å². The van der Waals surface area contributed by atoms with Crippen molar-refractivity contribution < 1.29 is 4.74 Å². The first kappa shape index (κ1) is 17.8. The number of hydrogen-bond donors (Lipinski definition) is 0. The van der Waals surface area contributed by atoms with Crippen LogP contribution in [-0.2, 0) is 17.6 Å². The third-order valence-electron chi connectivity index (χ3n) is 6.54. The molecule has 3 aromatic rings. The first-order valence-corrected chi connectivity index (χ1v) is 11.5. The van der Waals surface area contributed by atoms with Gasteiger partial charge in [-0.3, -0.25) is 0 Å². The summed E-state index contributed by atoms with van der Waals surface area (Å²) in [6, 6.07) is 0. The average molecular weight is 411 g/mol. The van der Waals surface area contributed by atoms with Crippen LogP contribution in [0.5, 0.6) is 0 Å². The Morgan fingerprint density at radius 2 is 1.66 bits per heavy atom. The lowest BCUT2D eigenvalue weighted by Gasteiger charge is -2.33. The van der Waals surface area contributed by atoms with Crippen molar-refractivity contribution in [3.05, 3.63) is 17.5 Å². The molecule has 6 rings (SSSR count). The number of piperazine rings is 1. The van der Waals surface area contributed by atoms with E-state index in [1.54, 1.807) is 17.7 Å². The van der Waals surface area contributed by atoms with Gasteiger partial charge in [-0.15, -0.1) is 11.3 Å². The van der Waals surface area contributed by atoms with E-state index in [-0.39, 0.29) is 0 Å². The largest absolute Gasteiger partial charge is 0.378 e. The fourth-order valence-corrected chi connectivity index (χ4v) is 6.12. The molecule has 0 N–H and O–H groups in total. The summed E-state index contributed by atoms with van der Waals surface area (Å²) < 4.78 is 6.77. The highest BCUT2D eigenvalue weighted by molar-refractivity contribution is 7.26. The molecule has 0 unspecified atom stereocenters. The highest BCUT2D eigenvalue weighted by Gasteiger charge is 2.28. The summed E-state index contributed by atoms with van der Waals surface area (Å²) in [7, 11) is 2.19. The number of anilines is 2. The zero-order valence-electron chi connectivity index (χ0n) is 16.9. The Kier molecular flexibility index (Phi) is 4.32. The molecule has 7 nitrogen and oxygen atoms in total. The van der Waals surface area contributed by atoms with Crippen LogP contribution in [0.4, 0.5) is 11.6 Å². The number of hydrogen-bond acceptors (Lipinski definition) is 8. The standard InChI is InChI=1S/C21H26N6OS/c1-25-5-7-26(8-6-25)20-18-17(22-13-23-20)16-14-3-2-4-15(14)19(24-21(16)29-18)27-9-11-28-12-10-27/h13H,2-12H2,1H3. The Morgan fingerprint density at radius 3 is 2.48 bits per heavy atom. The highest BCUT2D eigenvalue weighted by atomic mass is 32.1. The lowest BCUT2D eigenvalue weighted by atomic mass is 10.1. The zero-order chi connectivity index (χ0) is 19.4. The second kappa shape index (κ2) is 7.04. The van der Waals surface area contributed by atoms with E-state index in [0.29, 0.717) is 0 Å². The number of aryl methyl sites for hydroxylation is 1. The van der Waals surface area contributed by atoms with E-state index in [4.69, 9.17) is 19.7 Å². The number of rotatable bonds is 2. The molecular weight excluding hydrogens is 384 g/mol. The topological polar surface area (TPSA) is 57.6 Å². The van der Waals surface area contributed by atoms with E-state index in [1.807, 2.05) is 0 Å². The van der Waals surface area contributed by atoms with Crippen LogP contribution in [0, 0.1) is 0 Å². The minimum absolute atomic E-state index is 0.792. The average Bonchev–Trinajstić information content (AvgIpc) is 3.38. The van der Waals surface area contributed by atoms with Crippen LogP contribution in [0.3, 0.4) is 0 Å². The Hall–Kier alpha value is -2.03. The highest BCUT2D eigenvalue weighted by Crippen LogP contribution is 2.43. The van der Waals surface area contributed by atoms with Crippen LogP contribution in [0.15, 0.2) is 6.33 Å². The molecule has 0 saturated carbocycles. The van der Waals surface area contributed by atoms with E-state index >= 15 is 0 Å². The van der Waals surface area contributed by atoms with Gasteiger partial charge < -0.3 is 19.4 Å². The quantitative estimate of drug-likeness (QED) is 0.643. The van der Waals surface area contributed by atoms with Crippen molar-refractivity contribution in [1.29, 1.82) is 0 Å². The molecule has 0 amide bonds. The predicted octanol–water partition coefficient (Wildman–Crippen LogP) is 2.32. The maximum Gasteiger partial charge on any atom is 0.150 e. The molecule has 5 heterocycles. The van der Waals surface area contributed by atoms with Crippen molar-refractivity contribution in [3.8, 4) is 0 Å². The first-order valence-electron chi connectivity index (χ1n) is 10.6. The van der Waals surface area contributed by atoms with Crippen molar-refractivity contribution >= 4 is 43.4 Å². The van der Waals surface area contributed by atoms with Gasteiger partial charge in [-0.1, -0.05) is 0 Å². The number of thiophene rings is 1. The van der Waals surface area contributed by atoms with Gasteiger partial charge in [-0.2, -0.15) is 0 Å². The van der Waals surface area contributed by atoms with Crippen LogP contribution in [0.25, 0.3) is 20.4 Å². The normalized spacial score (nSPS) is 20.7. The van der Waals surface area contributed by atoms with Gasteiger partial charge in [0.2, 0.25) is 0 Å². The minimum atomic E-state index is 0.792. The van der Waals surface area contributed by atoms with Crippen LogP contribution in [-0.4, -0.2) is 79.4 Å². The number of nitrogens with zero attached hydrogens (tertiary/aromatic N) is 6. The molecule has 0 bridgehead atoms. The van der Waals surface area contributed by atoms with Crippen molar-refractivity contribution in [1.82, 2.24) is 19.9 Å². The molecule has 3 aliphatic rings. The number of likely N-dealkylation sites (N-methyl/N-ethyl adjacent to an activating group) is 1. The molecule has 0 spiro atoms. The molecule has 0 atom stereocenters. The molecule has 1 aliphatic carbocycles. The van der Waals surface area contributed by atoms with Crippen LogP contribution >= 0.6 is 11.3 Å². The summed E-state index contributed by atoms with van der Waals surface area (Å²) in [6.45, 7) is 7.63. The van der Waals surface area contributed by atoms with Crippen molar-refractivity contribution in [2.75, 3.05) is 69.3 Å². The monoisotopic (exact) mass is 410 g/mol. The maximum atomic E-state index is 5.57. The zero-order valence-corrected chi connectivity index (χ0v) is 17.7. The molecule has 3 aromatic heterocycles. The number of pyridine rings is 1. The van der Waals surface area contributed by atoms with Gasteiger partial charge >= 0.3 is 0 Å². The first-order chi connectivity index (χ1) is 14.3. The molecule has 152 valence electrons. The summed E-state index contributed by atoms with van der Waals surface area (Å²) >= 11 is 1.78.